The number of nitrogens with one attached hydrogen (secondary N) is 1. The Bertz CT molecular complexity index is 708. The van der Waals surface area contributed by atoms with E-state index >= 15 is 0 Å². The molecule has 1 N–H and O–H groups in total. The van der Waals surface area contributed by atoms with Crippen LogP contribution in [-0.2, 0) is 11.8 Å². The molecular formula is C18H23FN4O2. The quantitative estimate of drug-likeness (QED) is 0.924. The Morgan fingerprint density at radius 1 is 1.28 bits per heavy atom. The second kappa shape index (κ2) is 7.65. The second-order valence-corrected chi connectivity index (χ2v) is 6.30. The lowest BCUT2D eigenvalue weighted by Gasteiger charge is -2.33. The molecule has 2 heterocycles. The van der Waals surface area contributed by atoms with Crippen LogP contribution in [0.4, 0.5) is 9.18 Å². The van der Waals surface area contributed by atoms with Gasteiger partial charge in [-0.25, -0.2) is 9.18 Å². The number of carbonyl (C=O) groups excluding carboxylic acids is 1. The van der Waals surface area contributed by atoms with Crippen LogP contribution in [0.25, 0.3) is 0 Å². The third-order valence-corrected chi connectivity index (χ3v) is 4.56. The van der Waals surface area contributed by atoms with E-state index in [2.05, 4.69) is 10.4 Å². The van der Waals surface area contributed by atoms with E-state index in [1.54, 1.807) is 21.7 Å². The van der Waals surface area contributed by atoms with Crippen LogP contribution >= 0.6 is 0 Å². The second-order valence-electron chi connectivity index (χ2n) is 6.30. The van der Waals surface area contributed by atoms with Gasteiger partial charge in [-0.2, -0.15) is 5.10 Å². The number of hydrogen-bond acceptors (Lipinski definition) is 4. The summed E-state index contributed by atoms with van der Waals surface area (Å²) in [7, 11) is 3.28. The fourth-order valence-corrected chi connectivity index (χ4v) is 3.19. The lowest BCUT2D eigenvalue weighted by atomic mass is 9.99. The number of ether oxygens (including phenoxy) is 1. The molecule has 1 saturated heterocycles. The molecule has 1 fully saturated rings. The molecule has 6 nitrogen and oxygen atoms in total. The van der Waals surface area contributed by atoms with Crippen LogP contribution in [0.15, 0.2) is 36.5 Å². The van der Waals surface area contributed by atoms with E-state index in [1.807, 2.05) is 19.3 Å². The van der Waals surface area contributed by atoms with Gasteiger partial charge in [-0.15, -0.1) is 0 Å². The van der Waals surface area contributed by atoms with Gasteiger partial charge in [0.15, 0.2) is 0 Å². The molecule has 7 heteroatoms. The smallest absolute Gasteiger partial charge is 0.409 e. The Hall–Kier alpha value is -2.41. The number of amides is 1. The minimum absolute atomic E-state index is 0.114. The number of rotatable bonds is 4. The van der Waals surface area contributed by atoms with Gasteiger partial charge in [0.2, 0.25) is 0 Å². The van der Waals surface area contributed by atoms with Crippen molar-refractivity contribution in [2.45, 2.75) is 24.9 Å². The zero-order chi connectivity index (χ0) is 17.8. The zero-order valence-electron chi connectivity index (χ0n) is 14.5. The van der Waals surface area contributed by atoms with Gasteiger partial charge >= 0.3 is 6.09 Å². The van der Waals surface area contributed by atoms with Gasteiger partial charge in [0.25, 0.3) is 0 Å². The van der Waals surface area contributed by atoms with Gasteiger partial charge in [0.1, 0.15) is 5.82 Å². The fraction of sp³-hybridized carbons (Fsp3) is 0.444. The first-order valence-electron chi connectivity index (χ1n) is 8.41. The summed E-state index contributed by atoms with van der Waals surface area (Å²) in [6.07, 6.45) is 3.28. The number of aromatic nitrogens is 2. The van der Waals surface area contributed by atoms with Crippen molar-refractivity contribution >= 4 is 6.09 Å². The van der Waals surface area contributed by atoms with Crippen LogP contribution in [0.5, 0.6) is 0 Å². The highest BCUT2D eigenvalue weighted by Gasteiger charge is 2.26. The Labute approximate surface area is 146 Å². The maximum Gasteiger partial charge on any atom is 0.409 e. The normalized spacial score (nSPS) is 16.7. The lowest BCUT2D eigenvalue weighted by Crippen LogP contribution is -2.46. The van der Waals surface area contributed by atoms with Crippen molar-refractivity contribution in [1.82, 2.24) is 20.0 Å². The molecule has 0 bridgehead atoms. The van der Waals surface area contributed by atoms with Crippen LogP contribution in [0.3, 0.4) is 0 Å². The molecule has 0 unspecified atom stereocenters. The van der Waals surface area contributed by atoms with E-state index in [0.29, 0.717) is 13.1 Å². The molecule has 1 aliphatic heterocycles. The van der Waals surface area contributed by atoms with Gasteiger partial charge in [0.05, 0.1) is 18.8 Å². The molecule has 0 radical (unpaired) electrons. The molecule has 1 aromatic heterocycles. The maximum atomic E-state index is 13.3. The number of benzene rings is 1. The van der Waals surface area contributed by atoms with Crippen molar-refractivity contribution < 1.29 is 13.9 Å². The van der Waals surface area contributed by atoms with Crippen molar-refractivity contribution in [3.63, 3.8) is 0 Å². The third kappa shape index (κ3) is 4.17. The van der Waals surface area contributed by atoms with Crippen LogP contribution in [-0.4, -0.2) is 47.0 Å². The Morgan fingerprint density at radius 3 is 2.52 bits per heavy atom. The number of carbonyl (C=O) groups is 1. The molecule has 134 valence electrons. The Balaban J connectivity index is 1.73. The summed E-state index contributed by atoms with van der Waals surface area (Å²) in [5.74, 6) is -0.255. The number of likely N-dealkylation sites (tertiary alicyclic amines) is 1. The predicted octanol–water partition coefficient (Wildman–Crippen LogP) is 2.47. The molecular weight excluding hydrogens is 323 g/mol. The summed E-state index contributed by atoms with van der Waals surface area (Å²) in [4.78, 5) is 13.3. The average Bonchev–Trinajstić information content (AvgIpc) is 3.06. The molecule has 1 aromatic carbocycles. The first-order chi connectivity index (χ1) is 12.1. The van der Waals surface area contributed by atoms with E-state index in [1.165, 1.54) is 19.2 Å². The molecule has 3 rings (SSSR count). The highest BCUT2D eigenvalue weighted by atomic mass is 19.1. The predicted molar refractivity (Wildman–Crippen MR) is 91.6 cm³/mol. The summed E-state index contributed by atoms with van der Waals surface area (Å²) in [6, 6.07) is 8.59. The zero-order valence-corrected chi connectivity index (χ0v) is 14.5. The van der Waals surface area contributed by atoms with E-state index in [0.717, 1.165) is 24.1 Å². The topological polar surface area (TPSA) is 59.4 Å². The van der Waals surface area contributed by atoms with E-state index < -0.39 is 0 Å². The van der Waals surface area contributed by atoms with Crippen molar-refractivity contribution in [2.24, 2.45) is 7.05 Å². The monoisotopic (exact) mass is 346 g/mol. The SMILES string of the molecule is COC(=O)N1CCC(N[C@@H](c2ccc(F)cc2)c2ccn(C)n2)CC1. The van der Waals surface area contributed by atoms with E-state index in [4.69, 9.17) is 4.74 Å². The number of nitrogens with zero attached hydrogens (tertiary/aromatic N) is 3. The molecule has 25 heavy (non-hydrogen) atoms. The number of aryl methyl sites for hydroxylation is 1. The third-order valence-electron chi connectivity index (χ3n) is 4.56. The average molecular weight is 346 g/mol. The maximum absolute atomic E-state index is 13.3. The molecule has 1 amide bonds. The van der Waals surface area contributed by atoms with E-state index in [-0.39, 0.29) is 24.0 Å². The Kier molecular flexibility index (Phi) is 5.33. The molecule has 0 spiro atoms. The highest BCUT2D eigenvalue weighted by Crippen LogP contribution is 2.24. The van der Waals surface area contributed by atoms with Crippen molar-refractivity contribution in [2.75, 3.05) is 20.2 Å². The molecule has 0 saturated carbocycles. The minimum atomic E-state index is -0.279. The van der Waals surface area contributed by atoms with Gasteiger partial charge in [-0.1, -0.05) is 12.1 Å². The molecule has 1 aliphatic rings. The highest BCUT2D eigenvalue weighted by molar-refractivity contribution is 5.67. The van der Waals surface area contributed by atoms with Crippen LogP contribution < -0.4 is 5.32 Å². The van der Waals surface area contributed by atoms with Crippen LogP contribution in [0.1, 0.15) is 30.1 Å². The Morgan fingerprint density at radius 2 is 1.96 bits per heavy atom. The van der Waals surface area contributed by atoms with Crippen LogP contribution in [0.2, 0.25) is 0 Å². The number of methoxy groups -OCH3 is 1. The number of hydrogen-bond donors (Lipinski definition) is 1. The van der Waals surface area contributed by atoms with Gasteiger partial charge in [-0.05, 0) is 36.6 Å². The van der Waals surface area contributed by atoms with Crippen molar-refractivity contribution in [1.29, 1.82) is 0 Å². The summed E-state index contributed by atoms with van der Waals surface area (Å²) in [5, 5.41) is 8.13. The van der Waals surface area contributed by atoms with Crippen molar-refractivity contribution in [3.8, 4) is 0 Å². The molecule has 2 aromatic rings. The fourth-order valence-electron chi connectivity index (χ4n) is 3.19. The largest absolute Gasteiger partial charge is 0.453 e. The van der Waals surface area contributed by atoms with Gasteiger partial charge < -0.3 is 15.0 Å². The first-order valence-corrected chi connectivity index (χ1v) is 8.41. The minimum Gasteiger partial charge on any atom is -0.453 e. The van der Waals surface area contributed by atoms with Gasteiger partial charge in [0, 0.05) is 32.4 Å². The van der Waals surface area contributed by atoms with E-state index in [9.17, 15) is 9.18 Å². The molecule has 1 atom stereocenters. The van der Waals surface area contributed by atoms with Crippen molar-refractivity contribution in [3.05, 3.63) is 53.6 Å². The standard InChI is InChI=1S/C18H23FN4O2/c1-22-10-9-16(21-22)17(13-3-5-14(19)6-4-13)20-15-7-11-23(12-8-15)18(24)25-2/h3-6,9-10,15,17,20H,7-8,11-12H2,1-2H3/t17-/m0/s1. The summed E-state index contributed by atoms with van der Waals surface area (Å²) in [5.41, 5.74) is 1.86. The number of piperidine rings is 1. The summed E-state index contributed by atoms with van der Waals surface area (Å²) in [6.45, 7) is 1.31. The van der Waals surface area contributed by atoms with Gasteiger partial charge in [-0.3, -0.25) is 4.68 Å². The lowest BCUT2D eigenvalue weighted by molar-refractivity contribution is 0.109. The number of halogens is 1. The molecule has 0 aliphatic carbocycles. The summed E-state index contributed by atoms with van der Waals surface area (Å²) >= 11 is 0. The first kappa shape index (κ1) is 17.4. The van der Waals surface area contributed by atoms with Crippen LogP contribution in [0, 0.1) is 5.82 Å². The summed E-state index contributed by atoms with van der Waals surface area (Å²) < 4.78 is 19.8.